The number of sulfonamides is 1. The van der Waals surface area contributed by atoms with E-state index in [0.717, 1.165) is 5.56 Å². The van der Waals surface area contributed by atoms with E-state index in [0.29, 0.717) is 13.0 Å². The highest BCUT2D eigenvalue weighted by molar-refractivity contribution is 7.89. The summed E-state index contributed by atoms with van der Waals surface area (Å²) < 4.78 is 22.3. The van der Waals surface area contributed by atoms with Crippen molar-refractivity contribution in [2.45, 2.75) is 37.8 Å². The Kier molecular flexibility index (Phi) is 6.92. The largest absolute Gasteiger partial charge is 0.480 e. The van der Waals surface area contributed by atoms with Gasteiger partial charge in [-0.2, -0.15) is 0 Å². The number of nitrogens with two attached hydrogens (primary N) is 1. The van der Waals surface area contributed by atoms with Crippen molar-refractivity contribution < 1.29 is 18.3 Å². The van der Waals surface area contributed by atoms with E-state index in [1.807, 2.05) is 13.8 Å². The molecule has 0 fully saturated rings. The maximum Gasteiger partial charge on any atom is 0.326 e. The lowest BCUT2D eigenvalue weighted by Gasteiger charge is -2.19. The van der Waals surface area contributed by atoms with Gasteiger partial charge in [-0.05, 0) is 42.3 Å². The first-order chi connectivity index (χ1) is 10.6. The fraction of sp³-hybridized carbons (Fsp3) is 0.429. The van der Waals surface area contributed by atoms with E-state index in [1.165, 1.54) is 12.1 Å². The van der Waals surface area contributed by atoms with E-state index in [1.54, 1.807) is 12.1 Å². The molecule has 0 spiro atoms. The second-order valence-corrected chi connectivity index (χ2v) is 7.51. The molecule has 1 aromatic rings. The monoisotopic (exact) mass is 359 g/mol. The molecule has 128 valence electrons. The number of benzene rings is 1. The topological polar surface area (TPSA) is 122 Å². The molecular formula is C14H21N3O4S2. The Morgan fingerprint density at radius 2 is 1.87 bits per heavy atom. The van der Waals surface area contributed by atoms with Crippen molar-refractivity contribution in [3.05, 3.63) is 29.8 Å². The number of carboxylic acids is 1. The van der Waals surface area contributed by atoms with Crippen molar-refractivity contribution in [3.8, 4) is 0 Å². The molecule has 7 nitrogen and oxygen atoms in total. The van der Waals surface area contributed by atoms with Crippen LogP contribution in [-0.4, -0.2) is 30.6 Å². The van der Waals surface area contributed by atoms with Gasteiger partial charge < -0.3 is 15.7 Å². The lowest BCUT2D eigenvalue weighted by Crippen LogP contribution is -2.46. The molecule has 0 saturated heterocycles. The third kappa shape index (κ3) is 6.93. The Balaban J connectivity index is 2.57. The van der Waals surface area contributed by atoms with Crippen LogP contribution in [-0.2, 0) is 21.4 Å². The number of hydrogen-bond donors (Lipinski definition) is 4. The summed E-state index contributed by atoms with van der Waals surface area (Å²) in [5, 5.41) is 20.0. The lowest BCUT2D eigenvalue weighted by atomic mass is 10.0. The number of nitrogens with one attached hydrogen (secondary N) is 2. The number of aliphatic carboxylic acids is 1. The van der Waals surface area contributed by atoms with E-state index in [2.05, 4.69) is 10.6 Å². The summed E-state index contributed by atoms with van der Waals surface area (Å²) in [5.41, 5.74) is 0.789. The van der Waals surface area contributed by atoms with Gasteiger partial charge in [0.25, 0.3) is 0 Å². The van der Waals surface area contributed by atoms with Gasteiger partial charge in [-0.15, -0.1) is 0 Å². The van der Waals surface area contributed by atoms with Gasteiger partial charge in [0.2, 0.25) is 10.0 Å². The summed E-state index contributed by atoms with van der Waals surface area (Å²) in [6.45, 7) is 4.20. The van der Waals surface area contributed by atoms with Crippen LogP contribution in [0.1, 0.15) is 25.8 Å². The number of rotatable bonds is 7. The molecule has 0 amide bonds. The Bertz CT molecular complexity index is 657. The molecule has 1 rings (SSSR count). The third-order valence-corrected chi connectivity index (χ3v) is 4.21. The zero-order chi connectivity index (χ0) is 17.6. The predicted octanol–water partition coefficient (Wildman–Crippen LogP) is 0.797. The van der Waals surface area contributed by atoms with Crippen molar-refractivity contribution in [2.75, 3.05) is 0 Å². The zero-order valence-electron chi connectivity index (χ0n) is 12.9. The summed E-state index contributed by atoms with van der Waals surface area (Å²) in [5.74, 6) is -0.738. The third-order valence-electron chi connectivity index (χ3n) is 3.02. The standard InChI is InChI=1S/C14H21N3O4S2/c1-9(2)7-12(13(18)19)17-14(22)16-8-10-3-5-11(6-4-10)23(15,20)21/h3-6,9,12H,7-8H2,1-2H3,(H,18,19)(H2,15,20,21)(H2,16,17,22). The lowest BCUT2D eigenvalue weighted by molar-refractivity contribution is -0.139. The first kappa shape index (κ1) is 19.3. The van der Waals surface area contributed by atoms with Crippen LogP contribution in [0.2, 0.25) is 0 Å². The Hall–Kier alpha value is -1.71. The average Bonchev–Trinajstić information content (AvgIpc) is 2.43. The average molecular weight is 359 g/mol. The van der Waals surface area contributed by atoms with Crippen molar-refractivity contribution in [1.29, 1.82) is 0 Å². The fourth-order valence-electron chi connectivity index (χ4n) is 1.88. The van der Waals surface area contributed by atoms with Crippen molar-refractivity contribution in [1.82, 2.24) is 10.6 Å². The van der Waals surface area contributed by atoms with Crippen LogP contribution in [0.15, 0.2) is 29.2 Å². The van der Waals surface area contributed by atoms with E-state index in [-0.39, 0.29) is 15.9 Å². The van der Waals surface area contributed by atoms with Crippen LogP contribution in [0.25, 0.3) is 0 Å². The minimum Gasteiger partial charge on any atom is -0.480 e. The molecule has 1 atom stereocenters. The van der Waals surface area contributed by atoms with Gasteiger partial charge in [-0.25, -0.2) is 18.4 Å². The van der Waals surface area contributed by atoms with E-state index in [4.69, 9.17) is 22.5 Å². The van der Waals surface area contributed by atoms with Crippen molar-refractivity contribution in [3.63, 3.8) is 0 Å². The molecule has 0 saturated carbocycles. The molecule has 9 heteroatoms. The first-order valence-corrected chi connectivity index (χ1v) is 8.94. The number of primary sulfonamides is 1. The summed E-state index contributed by atoms with van der Waals surface area (Å²) in [6.07, 6.45) is 0.459. The van der Waals surface area contributed by atoms with Crippen molar-refractivity contribution in [2.24, 2.45) is 11.1 Å². The molecule has 0 heterocycles. The molecule has 5 N–H and O–H groups in total. The van der Waals surface area contributed by atoms with Gasteiger partial charge in [-0.3, -0.25) is 0 Å². The molecule has 23 heavy (non-hydrogen) atoms. The molecular weight excluding hydrogens is 338 g/mol. The summed E-state index contributed by atoms with van der Waals surface area (Å²) in [4.78, 5) is 11.2. The van der Waals surface area contributed by atoms with Crippen LogP contribution in [0, 0.1) is 5.92 Å². The highest BCUT2D eigenvalue weighted by atomic mass is 32.2. The maximum atomic E-state index is 11.2. The number of carbonyl (C=O) groups is 1. The summed E-state index contributed by atoms with van der Waals surface area (Å²) in [6, 6.07) is 5.28. The predicted molar refractivity (Wildman–Crippen MR) is 91.3 cm³/mol. The smallest absolute Gasteiger partial charge is 0.326 e. The van der Waals surface area contributed by atoms with Crippen LogP contribution in [0.5, 0.6) is 0 Å². The van der Waals surface area contributed by atoms with Gasteiger partial charge in [0.1, 0.15) is 6.04 Å². The van der Waals surface area contributed by atoms with Gasteiger partial charge in [0, 0.05) is 6.54 Å². The van der Waals surface area contributed by atoms with Crippen LogP contribution < -0.4 is 15.8 Å². The number of hydrogen-bond acceptors (Lipinski definition) is 4. The van der Waals surface area contributed by atoms with Gasteiger partial charge >= 0.3 is 5.97 Å². The molecule has 0 aliphatic rings. The number of thiocarbonyl (C=S) groups is 1. The Morgan fingerprint density at radius 1 is 1.30 bits per heavy atom. The number of carboxylic acid groups (broad SMARTS) is 1. The second-order valence-electron chi connectivity index (χ2n) is 5.54. The van der Waals surface area contributed by atoms with E-state index >= 15 is 0 Å². The maximum absolute atomic E-state index is 11.2. The molecule has 0 bridgehead atoms. The van der Waals surface area contributed by atoms with E-state index < -0.39 is 22.0 Å². The SMILES string of the molecule is CC(C)CC(NC(=S)NCc1ccc(S(N)(=O)=O)cc1)C(=O)O. The molecule has 0 aliphatic carbocycles. The van der Waals surface area contributed by atoms with E-state index in [9.17, 15) is 13.2 Å². The summed E-state index contributed by atoms with van der Waals surface area (Å²) in [7, 11) is -3.71. The molecule has 1 unspecified atom stereocenters. The van der Waals surface area contributed by atoms with Crippen LogP contribution in [0.3, 0.4) is 0 Å². The minimum absolute atomic E-state index is 0.0322. The molecule has 0 aliphatic heterocycles. The highest BCUT2D eigenvalue weighted by Crippen LogP contribution is 2.09. The second kappa shape index (κ2) is 8.23. The van der Waals surface area contributed by atoms with Gasteiger partial charge in [0.05, 0.1) is 4.90 Å². The van der Waals surface area contributed by atoms with Gasteiger partial charge in [0.15, 0.2) is 5.11 Å². The summed E-state index contributed by atoms with van der Waals surface area (Å²) >= 11 is 5.09. The molecule has 0 aromatic heterocycles. The van der Waals surface area contributed by atoms with Gasteiger partial charge in [-0.1, -0.05) is 26.0 Å². The molecule has 0 radical (unpaired) electrons. The Morgan fingerprint density at radius 3 is 2.30 bits per heavy atom. The minimum atomic E-state index is -3.71. The first-order valence-electron chi connectivity index (χ1n) is 6.98. The zero-order valence-corrected chi connectivity index (χ0v) is 14.6. The highest BCUT2D eigenvalue weighted by Gasteiger charge is 2.19. The van der Waals surface area contributed by atoms with Crippen LogP contribution >= 0.6 is 12.2 Å². The normalized spacial score (nSPS) is 12.7. The van der Waals surface area contributed by atoms with Crippen LogP contribution in [0.4, 0.5) is 0 Å². The fourth-order valence-corrected chi connectivity index (χ4v) is 2.61. The Labute approximate surface area is 141 Å². The van der Waals surface area contributed by atoms with Crippen molar-refractivity contribution >= 4 is 33.3 Å². The quantitative estimate of drug-likeness (QED) is 0.531. The molecule has 1 aromatic carbocycles.